The number of benzene rings is 1. The van der Waals surface area contributed by atoms with Crippen LogP contribution in [0.25, 0.3) is 21.8 Å². The van der Waals surface area contributed by atoms with Crippen molar-refractivity contribution >= 4 is 33.6 Å². The molecule has 6 heteroatoms. The number of rotatable bonds is 2. The average molecular weight is 256 g/mol. The third kappa shape index (κ3) is 1.85. The second-order valence-corrected chi connectivity index (χ2v) is 5.08. The van der Waals surface area contributed by atoms with Crippen molar-refractivity contribution in [1.82, 2.24) is 19.7 Å². The standard InChI is InChI=1S/C13H16N6/c1-7(2)6-19-10-4-3-9-11(8(10)5-16-19)12(14)18-13(15)17-9/h3-5,7H,6H2,1-2H3,(H4,14,15,17,18). The van der Waals surface area contributed by atoms with Crippen molar-refractivity contribution in [2.24, 2.45) is 5.92 Å². The number of nitrogens with zero attached hydrogens (tertiary/aromatic N) is 4. The predicted molar refractivity (Wildman–Crippen MR) is 76.5 cm³/mol. The van der Waals surface area contributed by atoms with Crippen LogP contribution in [0.2, 0.25) is 0 Å². The van der Waals surface area contributed by atoms with Gasteiger partial charge in [0.2, 0.25) is 5.95 Å². The van der Waals surface area contributed by atoms with E-state index in [0.29, 0.717) is 11.7 Å². The molecular weight excluding hydrogens is 240 g/mol. The van der Waals surface area contributed by atoms with Crippen LogP contribution in [0.1, 0.15) is 13.8 Å². The molecule has 0 spiro atoms. The van der Waals surface area contributed by atoms with Gasteiger partial charge in [0.25, 0.3) is 0 Å². The predicted octanol–water partition coefficient (Wildman–Crippen LogP) is 1.80. The lowest BCUT2D eigenvalue weighted by Crippen LogP contribution is -2.05. The summed E-state index contributed by atoms with van der Waals surface area (Å²) in [7, 11) is 0. The van der Waals surface area contributed by atoms with E-state index in [0.717, 1.165) is 28.4 Å². The van der Waals surface area contributed by atoms with Gasteiger partial charge in [-0.25, -0.2) is 4.98 Å². The van der Waals surface area contributed by atoms with Gasteiger partial charge >= 0.3 is 0 Å². The third-order valence-corrected chi connectivity index (χ3v) is 3.07. The zero-order valence-electron chi connectivity index (χ0n) is 11.0. The molecule has 3 rings (SSSR count). The van der Waals surface area contributed by atoms with Crippen LogP contribution in [0.4, 0.5) is 11.8 Å². The van der Waals surface area contributed by atoms with Crippen molar-refractivity contribution in [3.05, 3.63) is 18.3 Å². The monoisotopic (exact) mass is 256 g/mol. The van der Waals surface area contributed by atoms with Gasteiger partial charge in [-0.05, 0) is 18.1 Å². The van der Waals surface area contributed by atoms with Crippen molar-refractivity contribution < 1.29 is 0 Å². The van der Waals surface area contributed by atoms with Gasteiger partial charge in [-0.1, -0.05) is 13.8 Å². The highest BCUT2D eigenvalue weighted by atomic mass is 15.3. The van der Waals surface area contributed by atoms with Crippen LogP contribution in [0.5, 0.6) is 0 Å². The summed E-state index contributed by atoms with van der Waals surface area (Å²) < 4.78 is 1.98. The van der Waals surface area contributed by atoms with Crippen LogP contribution in [0.15, 0.2) is 18.3 Å². The van der Waals surface area contributed by atoms with E-state index in [4.69, 9.17) is 11.5 Å². The van der Waals surface area contributed by atoms with Crippen LogP contribution in [-0.4, -0.2) is 19.7 Å². The van der Waals surface area contributed by atoms with E-state index in [-0.39, 0.29) is 5.95 Å². The van der Waals surface area contributed by atoms with Crippen LogP contribution in [0.3, 0.4) is 0 Å². The SMILES string of the molecule is CC(C)Cn1ncc2c3c(N)nc(N)nc3ccc21. The largest absolute Gasteiger partial charge is 0.383 e. The summed E-state index contributed by atoms with van der Waals surface area (Å²) in [4.78, 5) is 8.24. The Morgan fingerprint density at radius 3 is 2.74 bits per heavy atom. The molecule has 0 saturated heterocycles. The Labute approximate surface area is 110 Å². The van der Waals surface area contributed by atoms with Gasteiger partial charge in [0.05, 0.1) is 22.6 Å². The van der Waals surface area contributed by atoms with E-state index in [1.165, 1.54) is 0 Å². The van der Waals surface area contributed by atoms with Gasteiger partial charge in [-0.2, -0.15) is 10.1 Å². The lowest BCUT2D eigenvalue weighted by molar-refractivity contribution is 0.495. The van der Waals surface area contributed by atoms with Crippen molar-refractivity contribution in [2.45, 2.75) is 20.4 Å². The summed E-state index contributed by atoms with van der Waals surface area (Å²) in [5.74, 6) is 1.12. The molecule has 0 atom stereocenters. The molecule has 19 heavy (non-hydrogen) atoms. The fraction of sp³-hybridized carbons (Fsp3) is 0.308. The summed E-state index contributed by atoms with van der Waals surface area (Å²) in [5, 5.41) is 6.21. The molecule has 0 amide bonds. The third-order valence-electron chi connectivity index (χ3n) is 3.07. The molecule has 4 N–H and O–H groups in total. The Kier molecular flexibility index (Phi) is 2.51. The zero-order chi connectivity index (χ0) is 13.6. The molecule has 3 aromatic rings. The molecule has 0 aliphatic heterocycles. The van der Waals surface area contributed by atoms with E-state index in [1.54, 1.807) is 0 Å². The fourth-order valence-electron chi connectivity index (χ4n) is 2.32. The molecule has 6 nitrogen and oxygen atoms in total. The molecule has 0 saturated carbocycles. The highest BCUT2D eigenvalue weighted by Crippen LogP contribution is 2.28. The highest BCUT2D eigenvalue weighted by molar-refractivity contribution is 6.09. The average Bonchev–Trinajstić information content (AvgIpc) is 2.70. The van der Waals surface area contributed by atoms with Crippen LogP contribution < -0.4 is 11.5 Å². The van der Waals surface area contributed by atoms with Gasteiger partial charge in [0.15, 0.2) is 0 Å². The Morgan fingerprint density at radius 2 is 2.00 bits per heavy atom. The first-order chi connectivity index (χ1) is 9.06. The zero-order valence-corrected chi connectivity index (χ0v) is 11.0. The highest BCUT2D eigenvalue weighted by Gasteiger charge is 2.12. The molecule has 0 radical (unpaired) electrons. The first kappa shape index (κ1) is 11.7. The molecule has 0 aliphatic rings. The molecule has 0 fully saturated rings. The van der Waals surface area contributed by atoms with Crippen LogP contribution in [0, 0.1) is 5.92 Å². The van der Waals surface area contributed by atoms with Gasteiger partial charge in [0, 0.05) is 11.9 Å². The minimum atomic E-state index is 0.193. The van der Waals surface area contributed by atoms with Crippen molar-refractivity contribution in [2.75, 3.05) is 11.5 Å². The molecule has 1 aromatic carbocycles. The van der Waals surface area contributed by atoms with E-state index < -0.39 is 0 Å². The second kappa shape index (κ2) is 4.08. The van der Waals surface area contributed by atoms with Gasteiger partial charge in [-0.15, -0.1) is 0 Å². The maximum atomic E-state index is 5.97. The number of fused-ring (bicyclic) bond motifs is 3. The van der Waals surface area contributed by atoms with Crippen LogP contribution in [-0.2, 0) is 6.54 Å². The lowest BCUT2D eigenvalue weighted by atomic mass is 10.1. The molecule has 0 aliphatic carbocycles. The van der Waals surface area contributed by atoms with Crippen molar-refractivity contribution in [3.63, 3.8) is 0 Å². The molecule has 0 bridgehead atoms. The van der Waals surface area contributed by atoms with E-state index in [9.17, 15) is 0 Å². The maximum absolute atomic E-state index is 5.97. The minimum absolute atomic E-state index is 0.193. The van der Waals surface area contributed by atoms with E-state index in [2.05, 4.69) is 28.9 Å². The lowest BCUT2D eigenvalue weighted by Gasteiger charge is -2.07. The number of aromatic nitrogens is 4. The summed E-state index contributed by atoms with van der Waals surface area (Å²) in [6, 6.07) is 3.91. The fourth-order valence-corrected chi connectivity index (χ4v) is 2.32. The molecule has 98 valence electrons. The summed E-state index contributed by atoms with van der Waals surface area (Å²) in [5.41, 5.74) is 13.4. The summed E-state index contributed by atoms with van der Waals surface area (Å²) >= 11 is 0. The Hall–Kier alpha value is -2.37. The van der Waals surface area contributed by atoms with Gasteiger partial charge < -0.3 is 11.5 Å². The molecule has 2 aromatic heterocycles. The Balaban J connectivity index is 2.32. The number of hydrogen-bond acceptors (Lipinski definition) is 5. The number of nitrogen functional groups attached to an aromatic ring is 2. The first-order valence-electron chi connectivity index (χ1n) is 6.23. The van der Waals surface area contributed by atoms with Crippen molar-refractivity contribution in [3.8, 4) is 0 Å². The first-order valence-corrected chi connectivity index (χ1v) is 6.23. The Morgan fingerprint density at radius 1 is 1.21 bits per heavy atom. The summed E-state index contributed by atoms with van der Waals surface area (Å²) in [6.45, 7) is 5.18. The summed E-state index contributed by atoms with van der Waals surface area (Å²) in [6.07, 6.45) is 1.82. The van der Waals surface area contributed by atoms with E-state index >= 15 is 0 Å². The van der Waals surface area contributed by atoms with Crippen LogP contribution >= 0.6 is 0 Å². The minimum Gasteiger partial charge on any atom is -0.383 e. The maximum Gasteiger partial charge on any atom is 0.222 e. The topological polar surface area (TPSA) is 95.6 Å². The molecule has 0 unspecified atom stereocenters. The van der Waals surface area contributed by atoms with Gasteiger partial charge in [-0.3, -0.25) is 4.68 Å². The second-order valence-electron chi connectivity index (χ2n) is 5.08. The molecule has 2 heterocycles. The quantitative estimate of drug-likeness (QED) is 0.728. The van der Waals surface area contributed by atoms with Gasteiger partial charge in [0.1, 0.15) is 5.82 Å². The van der Waals surface area contributed by atoms with E-state index in [1.807, 2.05) is 23.0 Å². The number of hydrogen-bond donors (Lipinski definition) is 2. The number of nitrogens with two attached hydrogens (primary N) is 2. The molecular formula is C13H16N6. The normalized spacial score (nSPS) is 11.7. The Bertz CT molecular complexity index is 758. The smallest absolute Gasteiger partial charge is 0.222 e. The van der Waals surface area contributed by atoms with Crippen molar-refractivity contribution in [1.29, 1.82) is 0 Å². The number of anilines is 2.